The first kappa shape index (κ1) is 14.8. The Kier molecular flexibility index (Phi) is 4.17. The van der Waals surface area contributed by atoms with E-state index >= 15 is 0 Å². The van der Waals surface area contributed by atoms with Crippen LogP contribution in [0.4, 0.5) is 0 Å². The van der Waals surface area contributed by atoms with Crippen molar-refractivity contribution < 1.29 is 9.59 Å². The molecule has 3 rings (SSSR count). The van der Waals surface area contributed by atoms with E-state index in [1.54, 1.807) is 0 Å². The van der Waals surface area contributed by atoms with E-state index in [-0.39, 0.29) is 17.9 Å². The molecule has 2 fully saturated rings. The maximum absolute atomic E-state index is 12.3. The van der Waals surface area contributed by atoms with Crippen molar-refractivity contribution in [1.82, 2.24) is 20.0 Å². The zero-order valence-corrected chi connectivity index (χ0v) is 13.7. The van der Waals surface area contributed by atoms with Gasteiger partial charge in [-0.25, -0.2) is 0 Å². The predicted molar refractivity (Wildman–Crippen MR) is 81.2 cm³/mol. The highest BCUT2D eigenvalue weighted by Gasteiger charge is 2.41. The van der Waals surface area contributed by atoms with E-state index in [1.165, 1.54) is 23.1 Å². The number of carbonyl (C=O) groups is 2. The summed E-state index contributed by atoms with van der Waals surface area (Å²) < 4.78 is 0.837. The molecule has 21 heavy (non-hydrogen) atoms. The minimum absolute atomic E-state index is 0.124. The van der Waals surface area contributed by atoms with Gasteiger partial charge in [-0.15, -0.1) is 10.2 Å². The molecule has 1 aromatic heterocycles. The van der Waals surface area contributed by atoms with E-state index < -0.39 is 0 Å². The number of amides is 2. The molecular formula is C13H18N4O2S2. The Balaban J connectivity index is 1.55. The van der Waals surface area contributed by atoms with Crippen molar-refractivity contribution in [2.45, 2.75) is 30.1 Å². The van der Waals surface area contributed by atoms with Crippen LogP contribution in [-0.4, -0.2) is 63.7 Å². The van der Waals surface area contributed by atoms with Gasteiger partial charge in [0.25, 0.3) is 0 Å². The van der Waals surface area contributed by atoms with E-state index in [1.807, 2.05) is 23.8 Å². The maximum Gasteiger partial charge on any atom is 0.233 e. The van der Waals surface area contributed by atoms with Gasteiger partial charge in [0.05, 0.1) is 11.8 Å². The predicted octanol–water partition coefficient (Wildman–Crippen LogP) is 1.02. The van der Waals surface area contributed by atoms with Gasteiger partial charge in [-0.3, -0.25) is 9.59 Å². The lowest BCUT2D eigenvalue weighted by atomic mass is 9.92. The first-order valence-corrected chi connectivity index (χ1v) is 8.81. The Bertz CT molecular complexity index is 562. The summed E-state index contributed by atoms with van der Waals surface area (Å²) in [6.45, 7) is 3.33. The first-order valence-electron chi connectivity index (χ1n) is 7.01. The van der Waals surface area contributed by atoms with Crippen LogP contribution in [0.15, 0.2) is 4.34 Å². The molecule has 0 aliphatic carbocycles. The second-order valence-electron chi connectivity index (χ2n) is 5.54. The Hall–Kier alpha value is -1.15. The molecule has 2 amide bonds. The van der Waals surface area contributed by atoms with Crippen molar-refractivity contribution >= 4 is 34.9 Å². The van der Waals surface area contributed by atoms with E-state index in [9.17, 15) is 9.59 Å². The lowest BCUT2D eigenvalue weighted by Gasteiger charge is -2.37. The Morgan fingerprint density at radius 3 is 3.00 bits per heavy atom. The highest BCUT2D eigenvalue weighted by atomic mass is 32.2. The molecule has 3 heterocycles. The number of thioether (sulfide) groups is 1. The van der Waals surface area contributed by atoms with Gasteiger partial charge in [0.2, 0.25) is 11.8 Å². The fourth-order valence-electron chi connectivity index (χ4n) is 2.99. The molecule has 2 aliphatic heterocycles. The number of aryl methyl sites for hydroxylation is 1. The van der Waals surface area contributed by atoms with E-state index in [2.05, 4.69) is 10.2 Å². The Morgan fingerprint density at radius 2 is 2.29 bits per heavy atom. The molecule has 6 nitrogen and oxygen atoms in total. The SMILES string of the molecule is Cc1nnc(SCC(=O)N2CC[C@@H]3CC(=O)N(C)[C@@H]3C2)s1. The number of hydrogen-bond donors (Lipinski definition) is 0. The van der Waals surface area contributed by atoms with Gasteiger partial charge in [0.1, 0.15) is 5.01 Å². The van der Waals surface area contributed by atoms with Crippen molar-refractivity contribution in [3.63, 3.8) is 0 Å². The summed E-state index contributed by atoms with van der Waals surface area (Å²) in [4.78, 5) is 27.7. The van der Waals surface area contributed by atoms with Crippen LogP contribution in [0.3, 0.4) is 0 Å². The molecule has 2 atom stereocenters. The lowest BCUT2D eigenvalue weighted by molar-refractivity contribution is -0.132. The lowest BCUT2D eigenvalue weighted by Crippen LogP contribution is -2.50. The molecule has 0 unspecified atom stereocenters. The average molecular weight is 326 g/mol. The van der Waals surface area contributed by atoms with Crippen LogP contribution in [0.5, 0.6) is 0 Å². The summed E-state index contributed by atoms with van der Waals surface area (Å²) in [5.41, 5.74) is 0. The molecule has 2 aliphatic rings. The van der Waals surface area contributed by atoms with E-state index in [4.69, 9.17) is 0 Å². The van der Waals surface area contributed by atoms with Crippen molar-refractivity contribution in [3.05, 3.63) is 5.01 Å². The number of piperidine rings is 1. The molecule has 0 aromatic carbocycles. The highest BCUT2D eigenvalue weighted by molar-refractivity contribution is 8.01. The number of likely N-dealkylation sites (N-methyl/N-ethyl adjacent to an activating group) is 1. The van der Waals surface area contributed by atoms with Crippen molar-refractivity contribution in [2.75, 3.05) is 25.9 Å². The fourth-order valence-corrected chi connectivity index (χ4v) is 4.71. The molecule has 1 aromatic rings. The molecule has 0 saturated carbocycles. The van der Waals surface area contributed by atoms with E-state index in [0.29, 0.717) is 24.6 Å². The number of nitrogens with zero attached hydrogens (tertiary/aromatic N) is 4. The minimum Gasteiger partial charge on any atom is -0.341 e. The summed E-state index contributed by atoms with van der Waals surface area (Å²) in [5.74, 6) is 1.14. The third-order valence-corrected chi connectivity index (χ3v) is 6.19. The molecule has 0 N–H and O–H groups in total. The van der Waals surface area contributed by atoms with Crippen LogP contribution < -0.4 is 0 Å². The van der Waals surface area contributed by atoms with Gasteiger partial charge < -0.3 is 9.80 Å². The highest BCUT2D eigenvalue weighted by Crippen LogP contribution is 2.32. The van der Waals surface area contributed by atoms with Crippen LogP contribution in [-0.2, 0) is 9.59 Å². The topological polar surface area (TPSA) is 66.4 Å². The Morgan fingerprint density at radius 1 is 1.48 bits per heavy atom. The fraction of sp³-hybridized carbons (Fsp3) is 0.692. The van der Waals surface area contributed by atoms with Crippen molar-refractivity contribution in [1.29, 1.82) is 0 Å². The zero-order chi connectivity index (χ0) is 15.0. The normalized spacial score (nSPS) is 25.3. The smallest absolute Gasteiger partial charge is 0.233 e. The third-order valence-electron chi connectivity index (χ3n) is 4.23. The number of fused-ring (bicyclic) bond motifs is 1. The molecule has 0 bridgehead atoms. The second kappa shape index (κ2) is 5.92. The van der Waals surface area contributed by atoms with Crippen LogP contribution in [0.2, 0.25) is 0 Å². The first-order chi connectivity index (χ1) is 10.0. The van der Waals surface area contributed by atoms with Gasteiger partial charge in [0, 0.05) is 26.6 Å². The van der Waals surface area contributed by atoms with Gasteiger partial charge in [0.15, 0.2) is 4.34 Å². The molecule has 0 radical (unpaired) electrons. The van der Waals surface area contributed by atoms with Crippen LogP contribution in [0, 0.1) is 12.8 Å². The zero-order valence-electron chi connectivity index (χ0n) is 12.1. The molecule has 114 valence electrons. The van der Waals surface area contributed by atoms with Gasteiger partial charge in [-0.2, -0.15) is 0 Å². The maximum atomic E-state index is 12.3. The van der Waals surface area contributed by atoms with Crippen LogP contribution in [0.1, 0.15) is 17.8 Å². The standard InChI is InChI=1S/C13H18N4O2S2/c1-8-14-15-13(21-8)20-7-12(19)17-4-3-9-5-11(18)16(2)10(9)6-17/h9-10H,3-7H2,1-2H3/t9-,10-/m1/s1. The number of rotatable bonds is 3. The second-order valence-corrected chi connectivity index (χ2v) is 7.94. The average Bonchev–Trinajstić information content (AvgIpc) is 3.01. The summed E-state index contributed by atoms with van der Waals surface area (Å²) in [6, 6.07) is 0.198. The minimum atomic E-state index is 0.124. The van der Waals surface area contributed by atoms with Gasteiger partial charge >= 0.3 is 0 Å². The van der Waals surface area contributed by atoms with Crippen LogP contribution in [0.25, 0.3) is 0 Å². The number of aromatic nitrogens is 2. The van der Waals surface area contributed by atoms with Crippen molar-refractivity contribution in [2.24, 2.45) is 5.92 Å². The molecule has 8 heteroatoms. The van der Waals surface area contributed by atoms with E-state index in [0.717, 1.165) is 22.3 Å². The number of hydrogen-bond acceptors (Lipinski definition) is 6. The summed E-state index contributed by atoms with van der Waals surface area (Å²) in [5, 5.41) is 8.88. The van der Waals surface area contributed by atoms with Gasteiger partial charge in [-0.1, -0.05) is 23.1 Å². The third kappa shape index (κ3) is 3.06. The van der Waals surface area contributed by atoms with Gasteiger partial charge in [-0.05, 0) is 19.3 Å². The quantitative estimate of drug-likeness (QED) is 0.776. The summed E-state index contributed by atoms with van der Waals surface area (Å²) >= 11 is 2.95. The van der Waals surface area contributed by atoms with Crippen molar-refractivity contribution in [3.8, 4) is 0 Å². The number of likely N-dealkylation sites (tertiary alicyclic amines) is 2. The summed E-state index contributed by atoms with van der Waals surface area (Å²) in [7, 11) is 1.85. The molecule has 2 saturated heterocycles. The summed E-state index contributed by atoms with van der Waals surface area (Å²) in [6.07, 6.45) is 1.57. The largest absolute Gasteiger partial charge is 0.341 e. The monoisotopic (exact) mass is 326 g/mol. The molecular weight excluding hydrogens is 308 g/mol. The molecule has 0 spiro atoms. The van der Waals surface area contributed by atoms with Crippen LogP contribution >= 0.6 is 23.1 Å². The number of carbonyl (C=O) groups excluding carboxylic acids is 2. The Labute approximate surface area is 131 Å².